The minimum Gasteiger partial charge on any atom is -0.408 e. The zero-order valence-corrected chi connectivity index (χ0v) is 10.2. The van der Waals surface area contributed by atoms with Crippen LogP contribution in [0.25, 0.3) is 18.3 Å². The molecule has 0 bridgehead atoms. The standard InChI is InChI=1S/C13H12ClNO2/c1-3-4-12-9(2)15(13(16)17-12)11-7-5-10(14)6-8-11/h4-8H,2-3H2,1H3/b12-4-. The summed E-state index contributed by atoms with van der Waals surface area (Å²) in [6, 6.07) is 6.95. The Morgan fingerprint density at radius 1 is 1.41 bits per heavy atom. The van der Waals surface area contributed by atoms with E-state index in [1.54, 1.807) is 24.3 Å². The average Bonchev–Trinajstić information content (AvgIpc) is 2.57. The summed E-state index contributed by atoms with van der Waals surface area (Å²) in [5, 5.41) is 1.18. The normalized spacial score (nSPS) is 12.0. The lowest BCUT2D eigenvalue weighted by Gasteiger charge is -1.99. The second-order valence-corrected chi connectivity index (χ2v) is 4.04. The molecular weight excluding hydrogens is 238 g/mol. The van der Waals surface area contributed by atoms with E-state index in [1.165, 1.54) is 4.57 Å². The van der Waals surface area contributed by atoms with E-state index < -0.39 is 5.76 Å². The van der Waals surface area contributed by atoms with Crippen molar-refractivity contribution in [3.8, 4) is 5.69 Å². The molecule has 0 saturated carbocycles. The van der Waals surface area contributed by atoms with Gasteiger partial charge in [-0.3, -0.25) is 0 Å². The molecule has 0 saturated heterocycles. The van der Waals surface area contributed by atoms with Gasteiger partial charge in [0.15, 0.2) is 5.42 Å². The van der Waals surface area contributed by atoms with E-state index in [1.807, 2.05) is 13.0 Å². The van der Waals surface area contributed by atoms with Gasteiger partial charge < -0.3 is 4.42 Å². The summed E-state index contributed by atoms with van der Waals surface area (Å²) in [4.78, 5) is 11.7. The molecule has 0 aliphatic heterocycles. The molecule has 0 aliphatic rings. The first-order valence-corrected chi connectivity index (χ1v) is 5.68. The highest BCUT2D eigenvalue weighted by atomic mass is 35.5. The van der Waals surface area contributed by atoms with Crippen LogP contribution in [-0.2, 0) is 0 Å². The van der Waals surface area contributed by atoms with Gasteiger partial charge in [0, 0.05) is 5.02 Å². The molecule has 1 aromatic carbocycles. The second kappa shape index (κ2) is 4.63. The Morgan fingerprint density at radius 3 is 2.65 bits per heavy atom. The SMILES string of the molecule is C=c1/c(=C/CC)oc(=O)n1-c1ccc(Cl)cc1. The third kappa shape index (κ3) is 2.19. The molecule has 0 amide bonds. The summed E-state index contributed by atoms with van der Waals surface area (Å²) >= 11 is 5.80. The Bertz CT molecular complexity index is 680. The van der Waals surface area contributed by atoms with E-state index >= 15 is 0 Å². The quantitative estimate of drug-likeness (QED) is 0.812. The number of halogens is 1. The maximum atomic E-state index is 11.7. The Hall–Kier alpha value is -1.74. The average molecular weight is 250 g/mol. The molecule has 0 radical (unpaired) electrons. The fraction of sp³-hybridized carbons (Fsp3) is 0.154. The van der Waals surface area contributed by atoms with Crippen molar-refractivity contribution in [1.29, 1.82) is 0 Å². The molecule has 0 aliphatic carbocycles. The van der Waals surface area contributed by atoms with E-state index in [4.69, 9.17) is 16.0 Å². The van der Waals surface area contributed by atoms with Gasteiger partial charge in [-0.2, -0.15) is 0 Å². The molecule has 4 heteroatoms. The predicted molar refractivity (Wildman–Crippen MR) is 68.8 cm³/mol. The Labute approximate surface area is 103 Å². The molecule has 17 heavy (non-hydrogen) atoms. The van der Waals surface area contributed by atoms with Crippen molar-refractivity contribution in [2.24, 2.45) is 0 Å². The minimum absolute atomic E-state index is 0.433. The van der Waals surface area contributed by atoms with E-state index in [0.717, 1.165) is 6.42 Å². The zero-order chi connectivity index (χ0) is 12.4. The first-order valence-electron chi connectivity index (χ1n) is 5.30. The van der Waals surface area contributed by atoms with Gasteiger partial charge in [0.25, 0.3) is 0 Å². The van der Waals surface area contributed by atoms with Gasteiger partial charge in [-0.15, -0.1) is 0 Å². The number of benzene rings is 1. The summed E-state index contributed by atoms with van der Waals surface area (Å²) in [6.45, 7) is 5.83. The highest BCUT2D eigenvalue weighted by Gasteiger charge is 2.05. The van der Waals surface area contributed by atoms with Gasteiger partial charge in [0.1, 0.15) is 0 Å². The predicted octanol–water partition coefficient (Wildman–Crippen LogP) is 1.68. The second-order valence-electron chi connectivity index (χ2n) is 3.60. The van der Waals surface area contributed by atoms with E-state index in [0.29, 0.717) is 21.5 Å². The third-order valence-corrected chi connectivity index (χ3v) is 2.66. The van der Waals surface area contributed by atoms with Crippen molar-refractivity contribution in [3.63, 3.8) is 0 Å². The van der Waals surface area contributed by atoms with Crippen LogP contribution >= 0.6 is 11.6 Å². The molecule has 2 rings (SSSR count). The molecule has 0 atom stereocenters. The summed E-state index contributed by atoms with van der Waals surface area (Å²) < 4.78 is 6.56. The maximum absolute atomic E-state index is 11.7. The fourth-order valence-corrected chi connectivity index (χ4v) is 1.74. The van der Waals surface area contributed by atoms with Gasteiger partial charge in [-0.25, -0.2) is 9.36 Å². The Kier molecular flexibility index (Phi) is 3.20. The Morgan fingerprint density at radius 2 is 2.06 bits per heavy atom. The molecule has 88 valence electrons. The first kappa shape index (κ1) is 11.7. The van der Waals surface area contributed by atoms with Crippen molar-refractivity contribution >= 4 is 24.3 Å². The molecule has 0 fully saturated rings. The van der Waals surface area contributed by atoms with Gasteiger partial charge in [0.05, 0.1) is 11.0 Å². The number of nitrogens with zero attached hydrogens (tertiary/aromatic N) is 1. The van der Waals surface area contributed by atoms with Crippen LogP contribution in [0.5, 0.6) is 0 Å². The largest absolute Gasteiger partial charge is 0.424 e. The van der Waals surface area contributed by atoms with Gasteiger partial charge in [-0.1, -0.05) is 25.1 Å². The first-order chi connectivity index (χ1) is 8.13. The van der Waals surface area contributed by atoms with E-state index in [9.17, 15) is 4.79 Å². The highest BCUT2D eigenvalue weighted by Crippen LogP contribution is 2.10. The Balaban J connectivity index is 2.69. The summed E-state index contributed by atoms with van der Waals surface area (Å²) in [6.07, 6.45) is 2.62. The van der Waals surface area contributed by atoms with Crippen LogP contribution in [0.1, 0.15) is 13.3 Å². The number of hydrogen-bond acceptors (Lipinski definition) is 2. The van der Waals surface area contributed by atoms with Crippen molar-refractivity contribution < 1.29 is 4.42 Å². The number of oxazole rings is 1. The maximum Gasteiger partial charge on any atom is 0.424 e. The van der Waals surface area contributed by atoms with Crippen LogP contribution in [0, 0.1) is 0 Å². The molecular formula is C13H12ClNO2. The smallest absolute Gasteiger partial charge is 0.408 e. The van der Waals surface area contributed by atoms with E-state index in [-0.39, 0.29) is 0 Å². The fourth-order valence-electron chi connectivity index (χ4n) is 1.62. The molecule has 3 nitrogen and oxygen atoms in total. The van der Waals surface area contributed by atoms with Gasteiger partial charge >= 0.3 is 5.76 Å². The van der Waals surface area contributed by atoms with Crippen LogP contribution in [0.4, 0.5) is 0 Å². The van der Waals surface area contributed by atoms with Crippen molar-refractivity contribution in [1.82, 2.24) is 4.57 Å². The van der Waals surface area contributed by atoms with Gasteiger partial charge in [-0.05, 0) is 36.8 Å². The van der Waals surface area contributed by atoms with Crippen LogP contribution in [-0.4, -0.2) is 4.57 Å². The summed E-state index contributed by atoms with van der Waals surface area (Å²) in [5.41, 5.74) is 1.22. The summed E-state index contributed by atoms with van der Waals surface area (Å²) in [7, 11) is 0. The van der Waals surface area contributed by atoms with Crippen LogP contribution in [0.3, 0.4) is 0 Å². The number of aromatic nitrogens is 1. The molecule has 2 aromatic rings. The third-order valence-electron chi connectivity index (χ3n) is 2.41. The lowest BCUT2D eigenvalue weighted by molar-refractivity contribution is 0.476. The lowest BCUT2D eigenvalue weighted by atomic mass is 10.3. The van der Waals surface area contributed by atoms with Crippen molar-refractivity contribution in [2.75, 3.05) is 0 Å². The van der Waals surface area contributed by atoms with E-state index in [2.05, 4.69) is 6.58 Å². The number of rotatable bonds is 2. The summed E-state index contributed by atoms with van der Waals surface area (Å²) in [5.74, 6) is -0.433. The molecule has 0 N–H and O–H groups in total. The van der Waals surface area contributed by atoms with Crippen LogP contribution in [0.2, 0.25) is 5.02 Å². The van der Waals surface area contributed by atoms with Gasteiger partial charge in [0.2, 0.25) is 0 Å². The molecule has 1 heterocycles. The van der Waals surface area contributed by atoms with Crippen molar-refractivity contribution in [3.05, 3.63) is 50.6 Å². The highest BCUT2D eigenvalue weighted by molar-refractivity contribution is 6.30. The topological polar surface area (TPSA) is 35.1 Å². The monoisotopic (exact) mass is 249 g/mol. The molecule has 0 unspecified atom stereocenters. The minimum atomic E-state index is -0.433. The zero-order valence-electron chi connectivity index (χ0n) is 9.44. The van der Waals surface area contributed by atoms with Crippen LogP contribution < -0.4 is 16.5 Å². The lowest BCUT2D eigenvalue weighted by Crippen LogP contribution is -2.29. The number of hydrogen-bond donors (Lipinski definition) is 0. The molecule has 0 spiro atoms. The van der Waals surface area contributed by atoms with Crippen LogP contribution in [0.15, 0.2) is 33.5 Å². The molecule has 1 aromatic heterocycles. The van der Waals surface area contributed by atoms with Crippen molar-refractivity contribution in [2.45, 2.75) is 13.3 Å².